The van der Waals surface area contributed by atoms with Gasteiger partial charge in [-0.25, -0.2) is 4.79 Å². The van der Waals surface area contributed by atoms with Gasteiger partial charge in [0.2, 0.25) is 0 Å². The van der Waals surface area contributed by atoms with Gasteiger partial charge in [-0.3, -0.25) is 4.98 Å². The molecule has 0 spiro atoms. The number of anilines is 1. The third-order valence-electron chi connectivity index (χ3n) is 2.71. The zero-order valence-corrected chi connectivity index (χ0v) is 10.3. The number of carbonyl (C=O) groups is 1. The summed E-state index contributed by atoms with van der Waals surface area (Å²) in [7, 11) is 1.64. The van der Waals surface area contributed by atoms with E-state index in [9.17, 15) is 4.79 Å². The van der Waals surface area contributed by atoms with Gasteiger partial charge in [-0.2, -0.15) is 0 Å². The molecule has 0 aromatic carbocycles. The lowest BCUT2D eigenvalue weighted by Gasteiger charge is -2.38. The molecule has 1 aromatic rings. The van der Waals surface area contributed by atoms with Gasteiger partial charge in [0.25, 0.3) is 0 Å². The third-order valence-corrected chi connectivity index (χ3v) is 2.71. The largest absolute Gasteiger partial charge is 0.382 e. The summed E-state index contributed by atoms with van der Waals surface area (Å²) in [5.74, 6) is 0. The number of amides is 2. The van der Waals surface area contributed by atoms with Crippen LogP contribution in [0.4, 0.5) is 10.5 Å². The van der Waals surface area contributed by atoms with E-state index >= 15 is 0 Å². The van der Waals surface area contributed by atoms with E-state index in [0.717, 1.165) is 5.69 Å². The second-order valence-corrected chi connectivity index (χ2v) is 4.06. The normalized spacial score (nSPS) is 15.3. The van der Waals surface area contributed by atoms with Crippen LogP contribution >= 0.6 is 0 Å². The molecular weight excluding hydrogens is 234 g/mol. The third kappa shape index (κ3) is 3.41. The van der Waals surface area contributed by atoms with Crippen LogP contribution < -0.4 is 5.32 Å². The Balaban J connectivity index is 1.67. The van der Waals surface area contributed by atoms with Gasteiger partial charge in [-0.05, 0) is 12.1 Å². The first-order valence-corrected chi connectivity index (χ1v) is 5.86. The Bertz CT molecular complexity index is 379. The van der Waals surface area contributed by atoms with E-state index in [1.165, 1.54) is 0 Å². The zero-order valence-electron chi connectivity index (χ0n) is 10.3. The number of rotatable bonds is 5. The fourth-order valence-electron chi connectivity index (χ4n) is 1.65. The second-order valence-electron chi connectivity index (χ2n) is 4.06. The first kappa shape index (κ1) is 12.8. The van der Waals surface area contributed by atoms with Crippen LogP contribution in [0.25, 0.3) is 0 Å². The fraction of sp³-hybridized carbons (Fsp3) is 0.500. The van der Waals surface area contributed by atoms with Crippen LogP contribution in [-0.2, 0) is 9.47 Å². The first-order valence-electron chi connectivity index (χ1n) is 5.86. The molecule has 6 nitrogen and oxygen atoms in total. The van der Waals surface area contributed by atoms with E-state index in [0.29, 0.717) is 26.3 Å². The predicted octanol–water partition coefficient (Wildman–Crippen LogP) is 0.961. The number of pyridine rings is 1. The minimum atomic E-state index is -0.104. The number of ether oxygens (including phenoxy) is 2. The summed E-state index contributed by atoms with van der Waals surface area (Å²) in [6.45, 7) is 2.40. The molecule has 0 saturated carbocycles. The number of nitrogens with one attached hydrogen (secondary N) is 1. The van der Waals surface area contributed by atoms with Crippen LogP contribution in [0.3, 0.4) is 0 Å². The maximum absolute atomic E-state index is 11.8. The molecule has 2 rings (SSSR count). The summed E-state index contributed by atoms with van der Waals surface area (Å²) in [6, 6.07) is 3.40. The van der Waals surface area contributed by atoms with Gasteiger partial charge >= 0.3 is 6.03 Å². The number of hydrogen-bond acceptors (Lipinski definition) is 4. The molecule has 1 saturated heterocycles. The molecule has 1 aliphatic heterocycles. The Hall–Kier alpha value is -1.66. The predicted molar refractivity (Wildman–Crippen MR) is 66.4 cm³/mol. The number of urea groups is 1. The maximum Gasteiger partial charge on any atom is 0.322 e. The molecule has 0 radical (unpaired) electrons. The highest BCUT2D eigenvalue weighted by Gasteiger charge is 2.31. The van der Waals surface area contributed by atoms with Crippen LogP contribution in [0, 0.1) is 0 Å². The van der Waals surface area contributed by atoms with Gasteiger partial charge < -0.3 is 19.7 Å². The minimum Gasteiger partial charge on any atom is -0.382 e. The second kappa shape index (κ2) is 6.32. The summed E-state index contributed by atoms with van der Waals surface area (Å²) in [4.78, 5) is 17.4. The Labute approximate surface area is 106 Å². The zero-order chi connectivity index (χ0) is 12.8. The lowest BCUT2D eigenvalue weighted by molar-refractivity contribution is -0.0486. The summed E-state index contributed by atoms with van der Waals surface area (Å²) >= 11 is 0. The van der Waals surface area contributed by atoms with Gasteiger partial charge in [-0.1, -0.05) is 0 Å². The SMILES string of the molecule is COCCOC1CN(C(=O)Nc2ccncc2)C1. The van der Waals surface area contributed by atoms with Gasteiger partial charge in [0.1, 0.15) is 0 Å². The number of likely N-dealkylation sites (tertiary alicyclic amines) is 1. The van der Waals surface area contributed by atoms with E-state index in [-0.39, 0.29) is 12.1 Å². The van der Waals surface area contributed by atoms with E-state index in [1.54, 1.807) is 36.5 Å². The molecule has 0 atom stereocenters. The molecule has 18 heavy (non-hydrogen) atoms. The van der Waals surface area contributed by atoms with Crippen molar-refractivity contribution in [3.05, 3.63) is 24.5 Å². The molecular formula is C12H17N3O3. The Morgan fingerprint density at radius 2 is 2.17 bits per heavy atom. The fourth-order valence-corrected chi connectivity index (χ4v) is 1.65. The number of hydrogen-bond donors (Lipinski definition) is 1. The average molecular weight is 251 g/mol. The Morgan fingerprint density at radius 3 is 2.83 bits per heavy atom. The molecule has 1 aromatic heterocycles. The van der Waals surface area contributed by atoms with Crippen LogP contribution in [0.1, 0.15) is 0 Å². The van der Waals surface area contributed by atoms with Crippen LogP contribution in [0.15, 0.2) is 24.5 Å². The van der Waals surface area contributed by atoms with Gasteiger partial charge in [0, 0.05) is 25.2 Å². The van der Waals surface area contributed by atoms with Crippen LogP contribution in [-0.4, -0.2) is 55.4 Å². The van der Waals surface area contributed by atoms with Crippen molar-refractivity contribution in [3.63, 3.8) is 0 Å². The number of methoxy groups -OCH3 is 1. The topological polar surface area (TPSA) is 63.7 Å². The quantitative estimate of drug-likeness (QED) is 0.792. The van der Waals surface area contributed by atoms with Crippen LogP contribution in [0.2, 0.25) is 0 Å². The van der Waals surface area contributed by atoms with Crippen molar-refractivity contribution in [2.45, 2.75) is 6.10 Å². The van der Waals surface area contributed by atoms with Crippen LogP contribution in [0.5, 0.6) is 0 Å². The molecule has 2 amide bonds. The van der Waals surface area contributed by atoms with Crippen molar-refractivity contribution in [1.82, 2.24) is 9.88 Å². The molecule has 1 N–H and O–H groups in total. The number of carbonyl (C=O) groups excluding carboxylic acids is 1. The highest BCUT2D eigenvalue weighted by molar-refractivity contribution is 5.89. The van der Waals surface area contributed by atoms with Gasteiger partial charge in [0.15, 0.2) is 0 Å². The smallest absolute Gasteiger partial charge is 0.322 e. The summed E-state index contributed by atoms with van der Waals surface area (Å²) in [6.07, 6.45) is 3.41. The van der Waals surface area contributed by atoms with E-state index < -0.39 is 0 Å². The molecule has 1 aliphatic rings. The van der Waals surface area contributed by atoms with E-state index in [2.05, 4.69) is 10.3 Å². The summed E-state index contributed by atoms with van der Waals surface area (Å²) in [5, 5.41) is 2.80. The Kier molecular flexibility index (Phi) is 4.49. The Morgan fingerprint density at radius 1 is 1.44 bits per heavy atom. The van der Waals surface area contributed by atoms with E-state index in [1.807, 2.05) is 0 Å². The molecule has 6 heteroatoms. The monoisotopic (exact) mass is 251 g/mol. The lowest BCUT2D eigenvalue weighted by Crippen LogP contribution is -2.56. The van der Waals surface area contributed by atoms with Gasteiger partial charge in [-0.15, -0.1) is 0 Å². The highest BCUT2D eigenvalue weighted by atomic mass is 16.5. The molecule has 0 bridgehead atoms. The maximum atomic E-state index is 11.8. The lowest BCUT2D eigenvalue weighted by atomic mass is 10.2. The number of aromatic nitrogens is 1. The molecule has 2 heterocycles. The minimum absolute atomic E-state index is 0.104. The van der Waals surface area contributed by atoms with Crippen molar-refractivity contribution >= 4 is 11.7 Å². The molecule has 0 unspecified atom stereocenters. The van der Waals surface area contributed by atoms with Crippen molar-refractivity contribution in [2.75, 3.05) is 38.7 Å². The average Bonchev–Trinajstić information content (AvgIpc) is 2.33. The first-order chi connectivity index (χ1) is 8.79. The summed E-state index contributed by atoms with van der Waals surface area (Å²) in [5.41, 5.74) is 0.749. The highest BCUT2D eigenvalue weighted by Crippen LogP contribution is 2.14. The summed E-state index contributed by atoms with van der Waals surface area (Å²) < 4.78 is 10.4. The molecule has 98 valence electrons. The van der Waals surface area contributed by atoms with Crippen molar-refractivity contribution in [2.24, 2.45) is 0 Å². The molecule has 0 aliphatic carbocycles. The van der Waals surface area contributed by atoms with Crippen molar-refractivity contribution in [1.29, 1.82) is 0 Å². The number of nitrogens with zero attached hydrogens (tertiary/aromatic N) is 2. The molecule has 1 fully saturated rings. The van der Waals surface area contributed by atoms with Gasteiger partial charge in [0.05, 0.1) is 32.4 Å². The van der Waals surface area contributed by atoms with Crippen molar-refractivity contribution in [3.8, 4) is 0 Å². The standard InChI is InChI=1S/C12H17N3O3/c1-17-6-7-18-11-8-15(9-11)12(16)14-10-2-4-13-5-3-10/h2-5,11H,6-9H2,1H3,(H,13,14,16). The van der Waals surface area contributed by atoms with E-state index in [4.69, 9.17) is 9.47 Å². The van der Waals surface area contributed by atoms with Crippen molar-refractivity contribution < 1.29 is 14.3 Å².